The number of alkyl halides is 1. The van der Waals surface area contributed by atoms with Gasteiger partial charge in [-0.05, 0) is 13.8 Å². The molecule has 1 aliphatic rings. The third kappa shape index (κ3) is 3.35. The van der Waals surface area contributed by atoms with Crippen LogP contribution in [0, 0.1) is 5.41 Å². The first-order valence-corrected chi connectivity index (χ1v) is 6.59. The second kappa shape index (κ2) is 5.71. The van der Waals surface area contributed by atoms with Crippen LogP contribution < -0.4 is 0 Å². The normalized spacial score (nSPS) is 17.2. The molecule has 1 rings (SSSR count). The first-order chi connectivity index (χ1) is 7.92. The van der Waals surface area contributed by atoms with Crippen molar-refractivity contribution < 1.29 is 9.59 Å². The average molecular weight is 261 g/mol. The number of amides is 2. The van der Waals surface area contributed by atoms with E-state index in [4.69, 9.17) is 11.6 Å². The van der Waals surface area contributed by atoms with E-state index < -0.39 is 5.41 Å². The Morgan fingerprint density at radius 1 is 1.12 bits per heavy atom. The Balaban J connectivity index is 2.52. The minimum atomic E-state index is -0.515. The fourth-order valence-electron chi connectivity index (χ4n) is 1.87. The van der Waals surface area contributed by atoms with Gasteiger partial charge in [-0.2, -0.15) is 0 Å². The van der Waals surface area contributed by atoms with Crippen molar-refractivity contribution in [3.8, 4) is 0 Å². The molecule has 98 valence electrons. The lowest BCUT2D eigenvalue weighted by Gasteiger charge is -2.38. The van der Waals surface area contributed by atoms with E-state index in [1.165, 1.54) is 0 Å². The zero-order chi connectivity index (χ0) is 13.1. The fraction of sp³-hybridized carbons (Fsp3) is 0.833. The van der Waals surface area contributed by atoms with Crippen molar-refractivity contribution >= 4 is 23.4 Å². The molecule has 0 atom stereocenters. The van der Waals surface area contributed by atoms with Crippen LogP contribution >= 0.6 is 11.6 Å². The average Bonchev–Trinajstić information content (AvgIpc) is 2.37. The van der Waals surface area contributed by atoms with Crippen LogP contribution in [0.3, 0.4) is 0 Å². The van der Waals surface area contributed by atoms with E-state index in [0.717, 1.165) is 0 Å². The lowest BCUT2D eigenvalue weighted by Crippen LogP contribution is -2.53. The highest BCUT2D eigenvalue weighted by Crippen LogP contribution is 2.21. The summed E-state index contributed by atoms with van der Waals surface area (Å²) in [6.07, 6.45) is 0.529. The van der Waals surface area contributed by atoms with Crippen LogP contribution in [-0.2, 0) is 9.59 Å². The summed E-state index contributed by atoms with van der Waals surface area (Å²) < 4.78 is 0. The smallest absolute Gasteiger partial charge is 0.229 e. The number of nitrogens with zero attached hydrogens (tertiary/aromatic N) is 2. The molecule has 0 aliphatic carbocycles. The van der Waals surface area contributed by atoms with E-state index in [9.17, 15) is 9.59 Å². The Kier molecular flexibility index (Phi) is 4.80. The largest absolute Gasteiger partial charge is 0.339 e. The molecule has 0 N–H and O–H groups in total. The van der Waals surface area contributed by atoms with Gasteiger partial charge in [0, 0.05) is 38.5 Å². The molecule has 0 bridgehead atoms. The highest BCUT2D eigenvalue weighted by molar-refractivity contribution is 6.19. The van der Waals surface area contributed by atoms with Crippen molar-refractivity contribution in [2.45, 2.75) is 27.2 Å². The highest BCUT2D eigenvalue weighted by atomic mass is 35.5. The molecule has 2 amide bonds. The molecule has 0 spiro atoms. The lowest BCUT2D eigenvalue weighted by atomic mass is 9.94. The molecule has 5 heteroatoms. The third-order valence-electron chi connectivity index (χ3n) is 3.14. The third-order valence-corrected chi connectivity index (χ3v) is 3.80. The van der Waals surface area contributed by atoms with Gasteiger partial charge in [-0.3, -0.25) is 9.59 Å². The van der Waals surface area contributed by atoms with Crippen LogP contribution in [0.2, 0.25) is 0 Å². The predicted octanol–water partition coefficient (Wildman–Crippen LogP) is 1.33. The summed E-state index contributed by atoms with van der Waals surface area (Å²) in [5.74, 6) is 0.560. The van der Waals surface area contributed by atoms with E-state index >= 15 is 0 Å². The molecule has 0 aromatic rings. The van der Waals surface area contributed by atoms with Crippen LogP contribution in [0.5, 0.6) is 0 Å². The van der Waals surface area contributed by atoms with Gasteiger partial charge < -0.3 is 9.80 Å². The van der Waals surface area contributed by atoms with E-state index in [0.29, 0.717) is 38.5 Å². The number of hydrogen-bond acceptors (Lipinski definition) is 2. The van der Waals surface area contributed by atoms with E-state index in [2.05, 4.69) is 0 Å². The predicted molar refractivity (Wildman–Crippen MR) is 68.0 cm³/mol. The number of halogens is 1. The molecule has 17 heavy (non-hydrogen) atoms. The SMILES string of the molecule is CCC(=O)N1CCN(C(=O)C(C)(C)CCl)CC1. The summed E-state index contributed by atoms with van der Waals surface area (Å²) in [5, 5.41) is 0. The molecule has 1 heterocycles. The van der Waals surface area contributed by atoms with Crippen molar-refractivity contribution in [1.82, 2.24) is 9.80 Å². The van der Waals surface area contributed by atoms with Gasteiger partial charge in [-0.15, -0.1) is 11.6 Å². The summed E-state index contributed by atoms with van der Waals surface area (Å²) in [5.41, 5.74) is -0.515. The maximum absolute atomic E-state index is 12.1. The monoisotopic (exact) mass is 260 g/mol. The summed E-state index contributed by atoms with van der Waals surface area (Å²) >= 11 is 5.80. The fourth-order valence-corrected chi connectivity index (χ4v) is 1.98. The van der Waals surface area contributed by atoms with Gasteiger partial charge >= 0.3 is 0 Å². The van der Waals surface area contributed by atoms with Crippen molar-refractivity contribution in [2.24, 2.45) is 5.41 Å². The number of carbonyl (C=O) groups excluding carboxylic acids is 2. The van der Waals surface area contributed by atoms with Crippen molar-refractivity contribution in [3.05, 3.63) is 0 Å². The van der Waals surface area contributed by atoms with Crippen LogP contribution in [0.25, 0.3) is 0 Å². The minimum Gasteiger partial charge on any atom is -0.339 e. The van der Waals surface area contributed by atoms with Gasteiger partial charge in [0.1, 0.15) is 0 Å². The van der Waals surface area contributed by atoms with Crippen molar-refractivity contribution in [2.75, 3.05) is 32.1 Å². The molecule has 0 unspecified atom stereocenters. The van der Waals surface area contributed by atoms with Gasteiger partial charge in [-0.25, -0.2) is 0 Å². The molecule has 4 nitrogen and oxygen atoms in total. The maximum atomic E-state index is 12.1. The summed E-state index contributed by atoms with van der Waals surface area (Å²) in [4.78, 5) is 27.3. The van der Waals surface area contributed by atoms with Gasteiger partial charge in [-0.1, -0.05) is 6.92 Å². The lowest BCUT2D eigenvalue weighted by molar-refractivity contribution is -0.144. The number of carbonyl (C=O) groups is 2. The second-order valence-electron chi connectivity index (χ2n) is 5.04. The first kappa shape index (κ1) is 14.3. The number of piperazine rings is 1. The van der Waals surface area contributed by atoms with Crippen LogP contribution in [0.15, 0.2) is 0 Å². The molecule has 0 saturated carbocycles. The zero-order valence-electron chi connectivity index (χ0n) is 10.8. The van der Waals surface area contributed by atoms with Crippen molar-refractivity contribution in [1.29, 1.82) is 0 Å². The van der Waals surface area contributed by atoms with Gasteiger partial charge in [0.25, 0.3) is 0 Å². The van der Waals surface area contributed by atoms with Gasteiger partial charge in [0.15, 0.2) is 0 Å². The molecule has 1 aliphatic heterocycles. The first-order valence-electron chi connectivity index (χ1n) is 6.05. The Bertz CT molecular complexity index is 297. The van der Waals surface area contributed by atoms with Gasteiger partial charge in [0.05, 0.1) is 5.41 Å². The standard InChI is InChI=1S/C12H21ClN2O2/c1-4-10(16)14-5-7-15(8-6-14)11(17)12(2,3)9-13/h4-9H2,1-3H3. The van der Waals surface area contributed by atoms with E-state index in [1.807, 2.05) is 30.6 Å². The van der Waals surface area contributed by atoms with E-state index in [-0.39, 0.29) is 11.8 Å². The number of hydrogen-bond donors (Lipinski definition) is 0. The maximum Gasteiger partial charge on any atom is 0.229 e. The van der Waals surface area contributed by atoms with Gasteiger partial charge in [0.2, 0.25) is 11.8 Å². The second-order valence-corrected chi connectivity index (χ2v) is 5.31. The van der Waals surface area contributed by atoms with Crippen molar-refractivity contribution in [3.63, 3.8) is 0 Å². The molecule has 0 radical (unpaired) electrons. The molecule has 0 aromatic heterocycles. The summed E-state index contributed by atoms with van der Waals surface area (Å²) in [7, 11) is 0. The quantitative estimate of drug-likeness (QED) is 0.719. The van der Waals surface area contributed by atoms with Crippen LogP contribution in [0.4, 0.5) is 0 Å². The minimum absolute atomic E-state index is 0.0797. The Hall–Kier alpha value is -0.770. The van der Waals surface area contributed by atoms with E-state index in [1.54, 1.807) is 0 Å². The number of rotatable bonds is 3. The van der Waals surface area contributed by atoms with Crippen LogP contribution in [0.1, 0.15) is 27.2 Å². The Labute approximate surface area is 108 Å². The Morgan fingerprint density at radius 2 is 1.59 bits per heavy atom. The molecular formula is C12H21ClN2O2. The highest BCUT2D eigenvalue weighted by Gasteiger charge is 2.33. The molecule has 1 fully saturated rings. The summed E-state index contributed by atoms with van der Waals surface area (Å²) in [6.45, 7) is 8.07. The topological polar surface area (TPSA) is 40.6 Å². The zero-order valence-corrected chi connectivity index (χ0v) is 11.6. The molecular weight excluding hydrogens is 240 g/mol. The molecule has 0 aromatic carbocycles. The molecule has 1 saturated heterocycles. The summed E-state index contributed by atoms with van der Waals surface area (Å²) in [6, 6.07) is 0. The van der Waals surface area contributed by atoms with Crippen LogP contribution in [-0.4, -0.2) is 53.7 Å². The Morgan fingerprint density at radius 3 is 2.00 bits per heavy atom.